The van der Waals surface area contributed by atoms with Crippen LogP contribution in [-0.4, -0.2) is 29.5 Å². The van der Waals surface area contributed by atoms with Crippen LogP contribution < -0.4 is 10.2 Å². The molecule has 2 heterocycles. The monoisotopic (exact) mass is 461 g/mol. The average Bonchev–Trinajstić information content (AvgIpc) is 3.05. The number of fused-ring (bicyclic) bond motifs is 3. The Morgan fingerprint density at radius 3 is 2.67 bits per heavy atom. The summed E-state index contributed by atoms with van der Waals surface area (Å²) in [7, 11) is 0. The van der Waals surface area contributed by atoms with Crippen molar-refractivity contribution in [1.82, 2.24) is 0 Å². The van der Waals surface area contributed by atoms with Crippen molar-refractivity contribution in [2.45, 2.75) is 25.1 Å². The van der Waals surface area contributed by atoms with E-state index in [1.165, 1.54) is 24.4 Å². The largest absolute Gasteiger partial charge is 0.481 e. The third-order valence-electron chi connectivity index (χ3n) is 5.41. The van der Waals surface area contributed by atoms with E-state index in [4.69, 9.17) is 0 Å². The molecular weight excluding hydrogens is 446 g/mol. The number of aliphatic carboxylic acids is 1. The molecule has 0 saturated heterocycles. The third-order valence-corrected chi connectivity index (χ3v) is 5.41. The molecule has 0 fully saturated rings. The molecule has 0 bridgehead atoms. The molecule has 7 nitrogen and oxygen atoms in total. The predicted molar refractivity (Wildman–Crippen MR) is 109 cm³/mol. The van der Waals surface area contributed by atoms with E-state index < -0.39 is 41.6 Å². The first kappa shape index (κ1) is 22.2. The highest BCUT2D eigenvalue weighted by Crippen LogP contribution is 2.50. The number of carbonyl (C=O) groups excluding carboxylic acids is 2. The molecule has 2 aromatic rings. The van der Waals surface area contributed by atoms with Crippen molar-refractivity contribution in [1.29, 1.82) is 0 Å². The topological polar surface area (TPSA) is 99.1 Å². The Balaban J connectivity index is 1.85. The van der Waals surface area contributed by atoms with Crippen LogP contribution in [0.5, 0.6) is 0 Å². The third kappa shape index (κ3) is 3.97. The summed E-state index contributed by atoms with van der Waals surface area (Å²) in [6, 6.07) is 5.61. The van der Waals surface area contributed by atoms with Crippen LogP contribution in [0.2, 0.25) is 0 Å². The first-order valence-electron chi connectivity index (χ1n) is 9.59. The number of ketones is 1. The number of amides is 1. The van der Waals surface area contributed by atoms with Gasteiger partial charge >= 0.3 is 12.1 Å². The second-order valence-corrected chi connectivity index (χ2v) is 7.43. The van der Waals surface area contributed by atoms with Crippen molar-refractivity contribution in [2.75, 3.05) is 10.2 Å². The number of alkyl halides is 3. The first-order chi connectivity index (χ1) is 15.6. The molecule has 1 amide bonds. The zero-order chi connectivity index (χ0) is 23.9. The number of benzene rings is 2. The van der Waals surface area contributed by atoms with Crippen LogP contribution in [0.4, 0.5) is 28.9 Å². The molecule has 1 unspecified atom stereocenters. The first-order valence-corrected chi connectivity index (χ1v) is 9.59. The van der Waals surface area contributed by atoms with Crippen LogP contribution >= 0.6 is 0 Å². The summed E-state index contributed by atoms with van der Waals surface area (Å²) in [6.07, 6.45) is -2.51. The highest BCUT2D eigenvalue weighted by atomic mass is 19.4. The minimum Gasteiger partial charge on any atom is -0.481 e. The number of hydrogen-bond donors (Lipinski definition) is 2. The van der Waals surface area contributed by atoms with Gasteiger partial charge < -0.3 is 15.3 Å². The lowest BCUT2D eigenvalue weighted by Crippen LogP contribution is -2.25. The zero-order valence-corrected chi connectivity index (χ0v) is 16.7. The van der Waals surface area contributed by atoms with Crippen LogP contribution in [0.1, 0.15) is 28.2 Å². The lowest BCUT2D eigenvalue weighted by Gasteiger charge is -2.24. The molecule has 0 spiro atoms. The van der Waals surface area contributed by atoms with E-state index in [-0.39, 0.29) is 23.4 Å². The van der Waals surface area contributed by atoms with Gasteiger partial charge in [0.15, 0.2) is 5.78 Å². The molecule has 4 rings (SSSR count). The Morgan fingerprint density at radius 2 is 2.00 bits per heavy atom. The number of rotatable bonds is 6. The summed E-state index contributed by atoms with van der Waals surface area (Å²) in [5, 5.41) is 11.7. The van der Waals surface area contributed by atoms with Crippen LogP contribution in [0.3, 0.4) is 0 Å². The van der Waals surface area contributed by atoms with E-state index in [2.05, 4.69) is 10.3 Å². The number of Topliss-reactive ketones (excluding diaryl/α,β-unsaturated/α-hetero) is 1. The molecule has 0 radical (unpaired) electrons. The standard InChI is InChI=1S/C22H15F4N3O4/c23-14-3-1-11(5-13(14)22(24,25)26)9-29-15-4-2-12(6-18(32)33)21(28-10-30)20(15)19-16(29)7-27-8-17(19)31/h1-5,7-8,10,19H,6,9H2,(H,28,30)(H,32,33). The number of allylic oxidation sites excluding steroid dienone is 1. The number of carbonyl (C=O) groups is 3. The van der Waals surface area contributed by atoms with Gasteiger partial charge in [-0.3, -0.25) is 19.4 Å². The van der Waals surface area contributed by atoms with Gasteiger partial charge in [-0.25, -0.2) is 4.39 Å². The maximum Gasteiger partial charge on any atom is 0.419 e. The summed E-state index contributed by atoms with van der Waals surface area (Å²) in [5.74, 6) is -3.93. The average molecular weight is 461 g/mol. The highest BCUT2D eigenvalue weighted by Gasteiger charge is 2.42. The smallest absolute Gasteiger partial charge is 0.419 e. The summed E-state index contributed by atoms with van der Waals surface area (Å²) >= 11 is 0. The van der Waals surface area contributed by atoms with Gasteiger partial charge in [-0.1, -0.05) is 12.1 Å². The van der Waals surface area contributed by atoms with E-state index in [1.54, 1.807) is 4.90 Å². The number of carboxylic acids is 1. The molecule has 2 aliphatic rings. The lowest BCUT2D eigenvalue weighted by molar-refractivity contribution is -0.140. The van der Waals surface area contributed by atoms with Gasteiger partial charge in [-0.05, 0) is 29.3 Å². The van der Waals surface area contributed by atoms with Crippen molar-refractivity contribution in [2.24, 2.45) is 4.99 Å². The van der Waals surface area contributed by atoms with Gasteiger partial charge in [0.25, 0.3) is 0 Å². The normalized spacial score (nSPS) is 16.8. The van der Waals surface area contributed by atoms with Crippen molar-refractivity contribution in [3.8, 4) is 0 Å². The Morgan fingerprint density at radius 1 is 1.24 bits per heavy atom. The summed E-state index contributed by atoms with van der Waals surface area (Å²) in [5.41, 5.74) is 0.160. The summed E-state index contributed by atoms with van der Waals surface area (Å²) < 4.78 is 53.2. The van der Waals surface area contributed by atoms with Gasteiger partial charge in [0.1, 0.15) is 5.82 Å². The van der Waals surface area contributed by atoms with E-state index in [0.29, 0.717) is 29.4 Å². The zero-order valence-electron chi connectivity index (χ0n) is 16.7. The summed E-state index contributed by atoms with van der Waals surface area (Å²) in [4.78, 5) is 40.7. The van der Waals surface area contributed by atoms with E-state index >= 15 is 0 Å². The van der Waals surface area contributed by atoms with Gasteiger partial charge in [-0.2, -0.15) is 13.2 Å². The molecule has 2 N–H and O–H groups in total. The van der Waals surface area contributed by atoms with Gasteiger partial charge in [-0.15, -0.1) is 0 Å². The SMILES string of the molecule is O=CNc1c(CC(=O)O)ccc2c1C1C(=O)C=NC=C1N2Cc1ccc(F)c(C(F)(F)F)c1. The molecule has 11 heteroatoms. The fraction of sp³-hybridized carbons (Fsp3) is 0.182. The fourth-order valence-electron chi connectivity index (χ4n) is 4.10. The molecule has 0 saturated carbocycles. The van der Waals surface area contributed by atoms with Crippen LogP contribution in [0.25, 0.3) is 0 Å². The Kier molecular flexibility index (Phi) is 5.48. The number of carboxylic acid groups (broad SMARTS) is 1. The lowest BCUT2D eigenvalue weighted by atomic mass is 9.90. The van der Waals surface area contributed by atoms with Crippen molar-refractivity contribution >= 4 is 35.8 Å². The van der Waals surface area contributed by atoms with Crippen LogP contribution in [0, 0.1) is 5.82 Å². The number of nitrogens with zero attached hydrogens (tertiary/aromatic N) is 2. The van der Waals surface area contributed by atoms with Gasteiger partial charge in [0.2, 0.25) is 6.41 Å². The molecule has 2 aromatic carbocycles. The maximum atomic E-state index is 13.7. The molecule has 0 aliphatic carbocycles. The highest BCUT2D eigenvalue weighted by molar-refractivity contribution is 6.33. The molecule has 2 aliphatic heterocycles. The minimum atomic E-state index is -4.89. The number of nitrogens with one attached hydrogen (secondary N) is 1. The molecule has 170 valence electrons. The Hall–Kier alpha value is -4.02. The number of hydrogen-bond acceptors (Lipinski definition) is 5. The Bertz CT molecular complexity index is 1240. The maximum absolute atomic E-state index is 13.7. The fourth-order valence-corrected chi connectivity index (χ4v) is 4.10. The van der Waals surface area contributed by atoms with Crippen molar-refractivity contribution in [3.05, 3.63) is 70.3 Å². The van der Waals surface area contributed by atoms with Crippen LogP contribution in [-0.2, 0) is 33.5 Å². The molecular formula is C22H15F4N3O4. The second kappa shape index (κ2) is 8.15. The van der Waals surface area contributed by atoms with E-state index in [1.807, 2.05) is 0 Å². The van der Waals surface area contributed by atoms with Crippen LogP contribution in [0.15, 0.2) is 47.2 Å². The summed E-state index contributed by atoms with van der Waals surface area (Å²) in [6.45, 7) is -0.152. The number of anilines is 2. The minimum absolute atomic E-state index is 0.123. The molecule has 1 atom stereocenters. The van der Waals surface area contributed by atoms with Crippen molar-refractivity contribution < 1.29 is 37.1 Å². The number of aliphatic imine (C=N–C) groups is 1. The Labute approximate surface area is 184 Å². The molecule has 33 heavy (non-hydrogen) atoms. The van der Waals surface area contributed by atoms with Gasteiger partial charge in [0.05, 0.1) is 35.5 Å². The molecule has 0 aromatic heterocycles. The van der Waals surface area contributed by atoms with Gasteiger partial charge in [0, 0.05) is 24.0 Å². The van der Waals surface area contributed by atoms with Crippen molar-refractivity contribution in [3.63, 3.8) is 0 Å². The quantitative estimate of drug-likeness (QED) is 0.506. The number of halogens is 4. The van der Waals surface area contributed by atoms with E-state index in [0.717, 1.165) is 12.3 Å². The second-order valence-electron chi connectivity index (χ2n) is 7.43. The predicted octanol–water partition coefficient (Wildman–Crippen LogP) is 3.64. The van der Waals surface area contributed by atoms with E-state index in [9.17, 15) is 37.1 Å².